The molecule has 0 fully saturated rings. The standard InChI is InChI=1S/C16H16N4O2S/c1-3-22-15(21)10-4-6-11(7-5-10)18-16-19-12-8-9-23-13(12)14(17-2)20-16/h4-9H,3H2,1-2H3,(H2,17,18,19,20). The summed E-state index contributed by atoms with van der Waals surface area (Å²) in [5, 5.41) is 8.21. The zero-order chi connectivity index (χ0) is 16.2. The number of carbonyl (C=O) groups is 1. The van der Waals surface area contributed by atoms with Gasteiger partial charge in [0.15, 0.2) is 0 Å². The highest BCUT2D eigenvalue weighted by molar-refractivity contribution is 7.17. The summed E-state index contributed by atoms with van der Waals surface area (Å²) in [6.07, 6.45) is 0. The second-order valence-electron chi connectivity index (χ2n) is 4.70. The molecule has 0 radical (unpaired) electrons. The maximum atomic E-state index is 11.6. The molecule has 0 aliphatic rings. The molecule has 1 aromatic carbocycles. The van der Waals surface area contributed by atoms with Gasteiger partial charge < -0.3 is 15.4 Å². The number of rotatable bonds is 5. The first kappa shape index (κ1) is 15.2. The summed E-state index contributed by atoms with van der Waals surface area (Å²) < 4.78 is 5.99. The molecule has 0 aliphatic carbocycles. The third-order valence-electron chi connectivity index (χ3n) is 3.19. The number of hydrogen-bond acceptors (Lipinski definition) is 7. The number of carbonyl (C=O) groups excluding carboxylic acids is 1. The lowest BCUT2D eigenvalue weighted by atomic mass is 10.2. The lowest BCUT2D eigenvalue weighted by Gasteiger charge is -2.08. The van der Waals surface area contributed by atoms with Crippen LogP contribution in [0.1, 0.15) is 17.3 Å². The smallest absolute Gasteiger partial charge is 0.338 e. The summed E-state index contributed by atoms with van der Waals surface area (Å²) >= 11 is 1.60. The third kappa shape index (κ3) is 3.24. The average Bonchev–Trinajstić information content (AvgIpc) is 3.03. The lowest BCUT2D eigenvalue weighted by Crippen LogP contribution is -2.05. The van der Waals surface area contributed by atoms with Gasteiger partial charge in [0.05, 0.1) is 22.4 Å². The summed E-state index contributed by atoms with van der Waals surface area (Å²) in [5.74, 6) is 0.965. The van der Waals surface area contributed by atoms with E-state index in [4.69, 9.17) is 4.74 Å². The first-order valence-corrected chi connectivity index (χ1v) is 8.06. The molecule has 2 heterocycles. The van der Waals surface area contributed by atoms with E-state index >= 15 is 0 Å². The van der Waals surface area contributed by atoms with Crippen LogP contribution in [0, 0.1) is 0 Å². The van der Waals surface area contributed by atoms with E-state index in [1.807, 2.05) is 18.5 Å². The van der Waals surface area contributed by atoms with Crippen LogP contribution in [0.5, 0.6) is 0 Å². The number of aromatic nitrogens is 2. The monoisotopic (exact) mass is 328 g/mol. The van der Waals surface area contributed by atoms with Crippen molar-refractivity contribution in [2.75, 3.05) is 24.3 Å². The van der Waals surface area contributed by atoms with Crippen LogP contribution in [0.15, 0.2) is 35.7 Å². The molecule has 3 aromatic rings. The minimum Gasteiger partial charge on any atom is -0.462 e. The SMILES string of the molecule is CCOC(=O)c1ccc(Nc2nc(NC)c3sccc3n2)cc1. The number of thiophene rings is 1. The third-order valence-corrected chi connectivity index (χ3v) is 4.10. The van der Waals surface area contributed by atoms with E-state index in [1.54, 1.807) is 42.5 Å². The number of anilines is 3. The molecular formula is C16H16N4O2S. The Morgan fingerprint density at radius 2 is 2.00 bits per heavy atom. The first-order valence-electron chi connectivity index (χ1n) is 7.18. The second-order valence-corrected chi connectivity index (χ2v) is 5.62. The van der Waals surface area contributed by atoms with Crippen molar-refractivity contribution in [3.8, 4) is 0 Å². The molecule has 118 valence electrons. The molecule has 0 saturated heterocycles. The summed E-state index contributed by atoms with van der Waals surface area (Å²) in [6, 6.07) is 8.97. The van der Waals surface area contributed by atoms with Crippen LogP contribution in [0.4, 0.5) is 17.5 Å². The van der Waals surface area contributed by atoms with Gasteiger partial charge in [-0.3, -0.25) is 0 Å². The van der Waals surface area contributed by atoms with E-state index in [-0.39, 0.29) is 5.97 Å². The van der Waals surface area contributed by atoms with Crippen molar-refractivity contribution in [3.63, 3.8) is 0 Å². The van der Waals surface area contributed by atoms with E-state index in [2.05, 4.69) is 20.6 Å². The van der Waals surface area contributed by atoms with Crippen LogP contribution in [0.25, 0.3) is 10.2 Å². The summed E-state index contributed by atoms with van der Waals surface area (Å²) in [7, 11) is 1.83. The lowest BCUT2D eigenvalue weighted by molar-refractivity contribution is 0.0526. The molecular weight excluding hydrogens is 312 g/mol. The van der Waals surface area contributed by atoms with Crippen molar-refractivity contribution in [1.29, 1.82) is 0 Å². The van der Waals surface area contributed by atoms with Crippen molar-refractivity contribution >= 4 is 45.0 Å². The highest BCUT2D eigenvalue weighted by Gasteiger charge is 2.09. The van der Waals surface area contributed by atoms with E-state index in [0.29, 0.717) is 18.1 Å². The highest BCUT2D eigenvalue weighted by atomic mass is 32.1. The molecule has 2 aromatic heterocycles. The molecule has 3 rings (SSSR count). The number of benzene rings is 1. The molecule has 6 nitrogen and oxygen atoms in total. The topological polar surface area (TPSA) is 76.1 Å². The molecule has 0 aliphatic heterocycles. The van der Waals surface area contributed by atoms with Crippen molar-refractivity contribution in [3.05, 3.63) is 41.3 Å². The fourth-order valence-electron chi connectivity index (χ4n) is 2.12. The highest BCUT2D eigenvalue weighted by Crippen LogP contribution is 2.27. The molecule has 0 atom stereocenters. The van der Waals surface area contributed by atoms with Crippen molar-refractivity contribution in [1.82, 2.24) is 9.97 Å². The Bertz CT molecular complexity index is 830. The minimum atomic E-state index is -0.326. The fourth-order valence-corrected chi connectivity index (χ4v) is 2.95. The summed E-state index contributed by atoms with van der Waals surface area (Å²) in [6.45, 7) is 2.14. The Kier molecular flexibility index (Phi) is 4.38. The molecule has 2 N–H and O–H groups in total. The predicted octanol–water partition coefficient (Wildman–Crippen LogP) is 3.65. The van der Waals surface area contributed by atoms with Crippen molar-refractivity contribution in [2.45, 2.75) is 6.92 Å². The van der Waals surface area contributed by atoms with E-state index in [1.165, 1.54) is 0 Å². The largest absolute Gasteiger partial charge is 0.462 e. The minimum absolute atomic E-state index is 0.326. The molecule has 0 spiro atoms. The molecule has 0 amide bonds. The Balaban J connectivity index is 1.83. The molecule has 23 heavy (non-hydrogen) atoms. The molecule has 0 saturated carbocycles. The van der Waals surface area contributed by atoms with Gasteiger partial charge in [0, 0.05) is 12.7 Å². The van der Waals surface area contributed by atoms with Crippen LogP contribution >= 0.6 is 11.3 Å². The number of nitrogens with zero attached hydrogens (tertiary/aromatic N) is 2. The van der Waals surface area contributed by atoms with Gasteiger partial charge in [0.1, 0.15) is 5.82 Å². The zero-order valence-corrected chi connectivity index (χ0v) is 13.6. The quantitative estimate of drug-likeness (QED) is 0.696. The number of ether oxygens (including phenoxy) is 1. The predicted molar refractivity (Wildman–Crippen MR) is 92.6 cm³/mol. The maximum Gasteiger partial charge on any atom is 0.338 e. The summed E-state index contributed by atoms with van der Waals surface area (Å²) in [4.78, 5) is 20.6. The van der Waals surface area contributed by atoms with Gasteiger partial charge in [0.25, 0.3) is 0 Å². The van der Waals surface area contributed by atoms with Crippen molar-refractivity contribution in [2.24, 2.45) is 0 Å². The normalized spacial score (nSPS) is 10.5. The Morgan fingerprint density at radius 3 is 2.70 bits per heavy atom. The van der Waals surface area contributed by atoms with Crippen LogP contribution in [0.2, 0.25) is 0 Å². The number of nitrogens with one attached hydrogen (secondary N) is 2. The fraction of sp³-hybridized carbons (Fsp3) is 0.188. The van der Waals surface area contributed by atoms with Crippen molar-refractivity contribution < 1.29 is 9.53 Å². The van der Waals surface area contributed by atoms with Gasteiger partial charge >= 0.3 is 5.97 Å². The Morgan fingerprint density at radius 1 is 1.22 bits per heavy atom. The van der Waals surface area contributed by atoms with Gasteiger partial charge in [-0.2, -0.15) is 4.98 Å². The zero-order valence-electron chi connectivity index (χ0n) is 12.8. The van der Waals surface area contributed by atoms with Crippen LogP contribution < -0.4 is 10.6 Å². The second kappa shape index (κ2) is 6.62. The van der Waals surface area contributed by atoms with Gasteiger partial charge in [-0.05, 0) is 42.6 Å². The molecule has 0 unspecified atom stereocenters. The van der Waals surface area contributed by atoms with E-state index in [9.17, 15) is 4.79 Å². The van der Waals surface area contributed by atoms with Gasteiger partial charge in [-0.15, -0.1) is 11.3 Å². The number of fused-ring (bicyclic) bond motifs is 1. The van der Waals surface area contributed by atoms with E-state index < -0.39 is 0 Å². The number of esters is 1. The summed E-state index contributed by atoms with van der Waals surface area (Å²) in [5.41, 5.74) is 2.21. The van der Waals surface area contributed by atoms with E-state index in [0.717, 1.165) is 21.7 Å². The average molecular weight is 328 g/mol. The van der Waals surface area contributed by atoms with Crippen LogP contribution in [0.3, 0.4) is 0 Å². The van der Waals surface area contributed by atoms with Gasteiger partial charge in [-0.25, -0.2) is 9.78 Å². The first-order chi connectivity index (χ1) is 11.2. The Labute approximate surface area is 137 Å². The Hall–Kier alpha value is -2.67. The van der Waals surface area contributed by atoms with Crippen LogP contribution in [-0.2, 0) is 4.74 Å². The number of hydrogen-bond donors (Lipinski definition) is 2. The molecule has 0 bridgehead atoms. The van der Waals surface area contributed by atoms with Gasteiger partial charge in [0.2, 0.25) is 5.95 Å². The van der Waals surface area contributed by atoms with Gasteiger partial charge in [-0.1, -0.05) is 0 Å². The van der Waals surface area contributed by atoms with Crippen LogP contribution in [-0.4, -0.2) is 29.6 Å². The maximum absolute atomic E-state index is 11.6. The molecule has 7 heteroatoms.